The predicted molar refractivity (Wildman–Crippen MR) is 358 cm³/mol. The highest BCUT2D eigenvalue weighted by molar-refractivity contribution is 6.07. The molecule has 20 nitrogen and oxygen atoms in total. The van der Waals surface area contributed by atoms with Gasteiger partial charge >= 0.3 is 30.9 Å². The Labute approximate surface area is 588 Å². The maximum Gasteiger partial charge on any atom is 0.586 e. The second kappa shape index (κ2) is 26.7. The number of aromatic nitrogens is 3. The van der Waals surface area contributed by atoms with Gasteiger partial charge in [0.05, 0.1) is 81.4 Å². The Bertz CT molecular complexity index is 5030. The first-order valence-electron chi connectivity index (χ1n) is 33.0. The van der Waals surface area contributed by atoms with Gasteiger partial charge in [-0.15, -0.1) is 17.6 Å². The van der Waals surface area contributed by atoms with Crippen molar-refractivity contribution >= 4 is 68.4 Å². The number of aliphatic hydroxyl groups is 3. The third-order valence-corrected chi connectivity index (χ3v) is 19.7. The standard InChI is InChI=1S/C26H27F3N2O6.C24H19F6N3O2.C24H18F2N2O5/c1-24(2,13-33)22-8-14-7-18(17(27)10-19(14)31(22)11-16(34)12-32)30-23(35)25(5-6-25)15-3-4-20-21(9-15)37-26(28,29)36-20;25-23(26,27)16-2-1-3-19-20(16)21(34)15(11-31-19)22(35)32-18-9-8-14(10-17(18)24(28,29)30)33-12-4-5-13(33)7-6-12;1-13-5-8-19(27-20(13)14-3-2-4-15(11-14)21(29)30)28-22(31)23(9-10-23)16-6-7-17-18(12-16)33-24(25,26)32-17/h3-4,7-10,16,32-34H,5-6,11-13H2,1-2H3,(H,30,35);1-3,8-13H,4-7H2,(H,31,34)(H,32,35);2-8,11-12H,9-10H2,1H3,(H,29,30)(H,27,28,31)/t16-;;/m1../s1. The number of alkyl halides is 10. The summed E-state index contributed by atoms with van der Waals surface area (Å²) >= 11 is 0. The van der Waals surface area contributed by atoms with Crippen LogP contribution in [-0.4, -0.2) is 103 Å². The summed E-state index contributed by atoms with van der Waals surface area (Å²) in [5.74, 6) is -3.97. The number of nitrogens with zero attached hydrogens (tertiary/aromatic N) is 3. The number of aliphatic hydroxyl groups excluding tert-OH is 3. The maximum atomic E-state index is 15.2. The van der Waals surface area contributed by atoms with E-state index in [1.165, 1.54) is 66.7 Å². The molecule has 6 aromatic carbocycles. The Morgan fingerprint density at radius 2 is 1.25 bits per heavy atom. The first kappa shape index (κ1) is 72.6. The third-order valence-electron chi connectivity index (χ3n) is 19.7. The maximum absolute atomic E-state index is 15.2. The summed E-state index contributed by atoms with van der Waals surface area (Å²) < 4.78 is 170. The molecule has 4 fully saturated rings. The largest absolute Gasteiger partial charge is 0.586 e. The van der Waals surface area contributed by atoms with Crippen LogP contribution in [-0.2, 0) is 44.7 Å². The van der Waals surface area contributed by atoms with Crippen molar-refractivity contribution < 1.29 is 107 Å². The SMILES string of the molecule is CC(C)(CO)c1cc2cc(NC(=O)C3(c4ccc5c(c4)OC(F)(F)O5)CC3)c(F)cc2n1C[C@@H](O)CO.Cc1ccc(NC(=O)C2(c3ccc4c(c3)OC(F)(F)O4)CC2)nc1-c1cccc(C(=O)O)c1.O=C(Nc1ccc(N2C3CCC2CC3)cc1C(F)(F)F)c1c[nH]c2cccc(C(F)(F)F)c2c1=O. The Morgan fingerprint density at radius 1 is 0.667 bits per heavy atom. The van der Waals surface area contributed by atoms with Crippen molar-refractivity contribution in [3.8, 4) is 34.3 Å². The number of benzene rings is 6. The van der Waals surface area contributed by atoms with Crippen molar-refractivity contribution in [2.24, 2.45) is 0 Å². The second-order valence-corrected chi connectivity index (χ2v) is 27.2. The van der Waals surface area contributed by atoms with E-state index >= 15 is 4.39 Å². The van der Waals surface area contributed by atoms with Gasteiger partial charge in [-0.3, -0.25) is 19.2 Å². The highest BCUT2D eigenvalue weighted by Crippen LogP contribution is 2.55. The number of amides is 3. The summed E-state index contributed by atoms with van der Waals surface area (Å²) in [6.45, 7) is 4.70. The molecule has 0 unspecified atom stereocenters. The van der Waals surface area contributed by atoms with Gasteiger partial charge in [0.1, 0.15) is 17.2 Å². The van der Waals surface area contributed by atoms with E-state index in [1.54, 1.807) is 54.8 Å². The Kier molecular flexibility index (Phi) is 18.5. The van der Waals surface area contributed by atoms with Crippen molar-refractivity contribution in [2.45, 2.75) is 138 Å². The number of aryl methyl sites for hydroxylation is 1. The van der Waals surface area contributed by atoms with Crippen LogP contribution in [0.3, 0.4) is 0 Å². The minimum absolute atomic E-state index is 0.0177. The fraction of sp³-hybridized carbons (Fsp3) is 0.324. The first-order valence-corrected chi connectivity index (χ1v) is 33.0. The van der Waals surface area contributed by atoms with E-state index < -0.39 is 111 Å². The number of anilines is 4. The van der Waals surface area contributed by atoms with Gasteiger partial charge in [0, 0.05) is 57.6 Å². The molecule has 6 aliphatic rings. The van der Waals surface area contributed by atoms with Crippen molar-refractivity contribution in [2.75, 3.05) is 34.1 Å². The normalized spacial score (nSPS) is 18.4. The zero-order valence-corrected chi connectivity index (χ0v) is 55.7. The van der Waals surface area contributed by atoms with Crippen molar-refractivity contribution in [1.29, 1.82) is 0 Å². The number of H-pyrrole nitrogens is 1. The van der Waals surface area contributed by atoms with E-state index in [2.05, 4.69) is 44.9 Å². The molecular weight excluding hydrogens is 1400 g/mol. The summed E-state index contributed by atoms with van der Waals surface area (Å²) in [7, 11) is 0. The van der Waals surface area contributed by atoms with Gasteiger partial charge in [-0.2, -0.15) is 26.3 Å². The average molecular weight is 1470 g/mol. The summed E-state index contributed by atoms with van der Waals surface area (Å²) in [5, 5.41) is 45.8. The lowest BCUT2D eigenvalue weighted by molar-refractivity contribution is -0.287. The van der Waals surface area contributed by atoms with Crippen LogP contribution in [0, 0.1) is 12.7 Å². The lowest BCUT2D eigenvalue weighted by Crippen LogP contribution is -2.29. The lowest BCUT2D eigenvalue weighted by atomic mass is 9.90. The number of pyridine rings is 2. The predicted octanol–water partition coefficient (Wildman–Crippen LogP) is 14.1. The van der Waals surface area contributed by atoms with Crippen LogP contribution in [0.5, 0.6) is 23.0 Å². The van der Waals surface area contributed by atoms with Gasteiger partial charge in [0.2, 0.25) is 17.2 Å². The number of carbonyl (C=O) groups excluding carboxylic acids is 3. The number of aromatic carboxylic acids is 1. The molecule has 8 N–H and O–H groups in total. The molecule has 2 saturated heterocycles. The summed E-state index contributed by atoms with van der Waals surface area (Å²) in [6, 6.07) is 29.8. The van der Waals surface area contributed by atoms with Crippen LogP contribution in [0.1, 0.15) is 119 Å². The topological polar surface area (TPSA) is 276 Å². The number of ether oxygens (including phenoxy) is 4. The van der Waals surface area contributed by atoms with Crippen LogP contribution in [0.2, 0.25) is 0 Å². The number of hydrogen-bond donors (Lipinski definition) is 8. The molecule has 15 rings (SSSR count). The van der Waals surface area contributed by atoms with Crippen LogP contribution < -0.4 is 45.2 Å². The third kappa shape index (κ3) is 14.3. The molecule has 1 atom stereocenters. The number of fused-ring (bicyclic) bond motifs is 6. The number of carbonyl (C=O) groups is 4. The Morgan fingerprint density at radius 3 is 1.81 bits per heavy atom. The number of aromatic amines is 1. The van der Waals surface area contributed by atoms with Gasteiger partial charge in [0.25, 0.3) is 5.91 Å². The van der Waals surface area contributed by atoms with Gasteiger partial charge < -0.3 is 69.8 Å². The molecule has 550 valence electrons. The number of halogens is 11. The zero-order chi connectivity index (χ0) is 75.3. The summed E-state index contributed by atoms with van der Waals surface area (Å²) in [5.41, 5.74) is -3.15. The van der Waals surface area contributed by atoms with Crippen molar-refractivity contribution in [3.05, 3.63) is 194 Å². The molecule has 105 heavy (non-hydrogen) atoms. The van der Waals surface area contributed by atoms with Crippen LogP contribution in [0.4, 0.5) is 71.2 Å². The van der Waals surface area contributed by atoms with Crippen molar-refractivity contribution in [3.63, 3.8) is 0 Å². The molecule has 3 aromatic heterocycles. The number of rotatable bonds is 16. The van der Waals surface area contributed by atoms with Crippen LogP contribution >= 0.6 is 0 Å². The zero-order valence-electron chi connectivity index (χ0n) is 55.7. The first-order chi connectivity index (χ1) is 49.5. The van der Waals surface area contributed by atoms with Gasteiger partial charge in [-0.05, 0) is 160 Å². The molecule has 9 aromatic rings. The molecule has 2 saturated carbocycles. The molecule has 2 aliphatic carbocycles. The number of nitrogens with one attached hydrogen (secondary N) is 4. The summed E-state index contributed by atoms with van der Waals surface area (Å²) in [4.78, 5) is 72.3. The Hall–Kier alpha value is -10.8. The highest BCUT2D eigenvalue weighted by atomic mass is 19.4. The van der Waals surface area contributed by atoms with E-state index in [0.29, 0.717) is 82.2 Å². The van der Waals surface area contributed by atoms with E-state index in [4.69, 9.17) is 0 Å². The molecular formula is C74H64F11N7O13. The van der Waals surface area contributed by atoms with E-state index in [0.717, 1.165) is 55.6 Å². The second-order valence-electron chi connectivity index (χ2n) is 27.2. The minimum Gasteiger partial charge on any atom is -0.478 e. The molecule has 2 bridgehead atoms. The fourth-order valence-corrected chi connectivity index (χ4v) is 13.9. The molecule has 4 aliphatic heterocycles. The number of carboxylic acids is 1. The minimum atomic E-state index is -4.87. The summed E-state index contributed by atoms with van der Waals surface area (Å²) in [6.07, 6.45) is -11.7. The molecule has 3 amide bonds. The van der Waals surface area contributed by atoms with Gasteiger partial charge in [0.15, 0.2) is 23.0 Å². The molecule has 0 radical (unpaired) electrons. The van der Waals surface area contributed by atoms with E-state index in [-0.39, 0.29) is 70.9 Å². The number of carboxylic acid groups (broad SMARTS) is 1. The lowest BCUT2D eigenvalue weighted by Gasteiger charge is -2.26. The average Bonchev–Trinajstić information content (AvgIpc) is 1.62. The van der Waals surface area contributed by atoms with Crippen LogP contribution in [0.25, 0.3) is 33.1 Å². The van der Waals surface area contributed by atoms with Crippen molar-refractivity contribution in [1.82, 2.24) is 14.5 Å². The monoisotopic (exact) mass is 1470 g/mol. The van der Waals surface area contributed by atoms with E-state index in [1.807, 2.05) is 11.8 Å². The molecule has 7 heterocycles. The quantitative estimate of drug-likeness (QED) is 0.0418. The highest BCUT2D eigenvalue weighted by Gasteiger charge is 2.55. The van der Waals surface area contributed by atoms with Gasteiger partial charge in [-0.25, -0.2) is 14.2 Å². The number of hydrogen-bond acceptors (Lipinski definition) is 14. The smallest absolute Gasteiger partial charge is 0.478 e. The Balaban J connectivity index is 0.000000140. The van der Waals surface area contributed by atoms with Crippen LogP contribution in [0.15, 0.2) is 138 Å². The fourth-order valence-electron chi connectivity index (χ4n) is 13.9. The van der Waals surface area contributed by atoms with E-state index in [9.17, 15) is 88.3 Å². The molecule has 31 heteroatoms. The van der Waals surface area contributed by atoms with Gasteiger partial charge in [-0.1, -0.05) is 50.2 Å². The molecule has 0 spiro atoms.